The number of hydrogen-bond acceptors (Lipinski definition) is 4. The fourth-order valence-corrected chi connectivity index (χ4v) is 3.64. The van der Waals surface area contributed by atoms with Gasteiger partial charge in [-0.3, -0.25) is 4.79 Å². The average molecular weight is 302 g/mol. The van der Waals surface area contributed by atoms with Gasteiger partial charge in [0.1, 0.15) is 5.69 Å². The van der Waals surface area contributed by atoms with E-state index in [9.17, 15) is 4.79 Å². The van der Waals surface area contributed by atoms with Gasteiger partial charge in [-0.15, -0.1) is 0 Å². The average Bonchev–Trinajstić information content (AvgIpc) is 3.07. The predicted molar refractivity (Wildman–Crippen MR) is 86.9 cm³/mol. The van der Waals surface area contributed by atoms with Crippen LogP contribution in [0.2, 0.25) is 0 Å². The number of amides is 1. The smallest absolute Gasteiger partial charge is 0.272 e. The maximum Gasteiger partial charge on any atom is 0.272 e. The van der Waals surface area contributed by atoms with E-state index in [1.807, 2.05) is 4.90 Å². The SMILES string of the molecule is CCC1CCCCN1C(=O)c1ccnc(NC2CCCC2)n1. The lowest BCUT2D eigenvalue weighted by molar-refractivity contribution is 0.0602. The van der Waals surface area contributed by atoms with Crippen LogP contribution >= 0.6 is 0 Å². The molecular weight excluding hydrogens is 276 g/mol. The molecule has 120 valence electrons. The van der Waals surface area contributed by atoms with Crippen LogP contribution < -0.4 is 5.32 Å². The van der Waals surface area contributed by atoms with Crippen LogP contribution in [0.1, 0.15) is 68.8 Å². The van der Waals surface area contributed by atoms with Crippen molar-refractivity contribution in [3.05, 3.63) is 18.0 Å². The summed E-state index contributed by atoms with van der Waals surface area (Å²) in [5, 5.41) is 3.37. The molecule has 1 aliphatic heterocycles. The molecule has 1 saturated heterocycles. The van der Waals surface area contributed by atoms with E-state index >= 15 is 0 Å². The van der Waals surface area contributed by atoms with Crippen molar-refractivity contribution < 1.29 is 4.79 Å². The van der Waals surface area contributed by atoms with Gasteiger partial charge in [-0.25, -0.2) is 9.97 Å². The summed E-state index contributed by atoms with van der Waals surface area (Å²) in [5.74, 6) is 0.659. The lowest BCUT2D eigenvalue weighted by Crippen LogP contribution is -2.43. The number of aromatic nitrogens is 2. The molecule has 0 spiro atoms. The quantitative estimate of drug-likeness (QED) is 0.927. The molecule has 1 aromatic rings. The van der Waals surface area contributed by atoms with Gasteiger partial charge < -0.3 is 10.2 Å². The van der Waals surface area contributed by atoms with Crippen molar-refractivity contribution in [2.24, 2.45) is 0 Å². The lowest BCUT2D eigenvalue weighted by Gasteiger charge is -2.35. The van der Waals surface area contributed by atoms with Crippen LogP contribution in [0, 0.1) is 0 Å². The van der Waals surface area contributed by atoms with E-state index < -0.39 is 0 Å². The van der Waals surface area contributed by atoms with Crippen LogP contribution in [0.25, 0.3) is 0 Å². The Morgan fingerprint density at radius 3 is 2.82 bits per heavy atom. The third-order valence-corrected chi connectivity index (χ3v) is 4.92. The highest BCUT2D eigenvalue weighted by molar-refractivity contribution is 5.92. The topological polar surface area (TPSA) is 58.1 Å². The number of piperidine rings is 1. The summed E-state index contributed by atoms with van der Waals surface area (Å²) in [6, 6.07) is 2.56. The molecule has 0 bridgehead atoms. The first-order chi connectivity index (χ1) is 10.8. The molecule has 1 aliphatic carbocycles. The second kappa shape index (κ2) is 7.07. The molecule has 3 rings (SSSR count). The minimum absolute atomic E-state index is 0.0587. The summed E-state index contributed by atoms with van der Waals surface area (Å²) >= 11 is 0. The third-order valence-electron chi connectivity index (χ3n) is 4.92. The number of nitrogens with one attached hydrogen (secondary N) is 1. The zero-order valence-electron chi connectivity index (χ0n) is 13.4. The van der Waals surface area contributed by atoms with Gasteiger partial charge in [-0.1, -0.05) is 19.8 Å². The zero-order valence-corrected chi connectivity index (χ0v) is 13.4. The van der Waals surface area contributed by atoms with Crippen molar-refractivity contribution in [2.45, 2.75) is 70.4 Å². The number of anilines is 1. The molecule has 0 aromatic carbocycles. The summed E-state index contributed by atoms with van der Waals surface area (Å²) in [6.07, 6.45) is 11.0. The maximum atomic E-state index is 12.8. The Balaban J connectivity index is 1.71. The predicted octanol–water partition coefficient (Wildman–Crippen LogP) is 3.24. The number of hydrogen-bond donors (Lipinski definition) is 1. The molecule has 5 nitrogen and oxygen atoms in total. The summed E-state index contributed by atoms with van der Waals surface area (Å²) in [6.45, 7) is 3.01. The molecular formula is C17H26N4O. The molecule has 22 heavy (non-hydrogen) atoms. The van der Waals surface area contributed by atoms with Gasteiger partial charge in [0.2, 0.25) is 5.95 Å². The first-order valence-electron chi connectivity index (χ1n) is 8.68. The van der Waals surface area contributed by atoms with Crippen LogP contribution in [0.3, 0.4) is 0 Å². The number of likely N-dealkylation sites (tertiary alicyclic amines) is 1. The molecule has 2 fully saturated rings. The third kappa shape index (κ3) is 3.39. The van der Waals surface area contributed by atoms with Crippen molar-refractivity contribution in [2.75, 3.05) is 11.9 Å². The molecule has 1 unspecified atom stereocenters. The molecule has 1 atom stereocenters. The summed E-state index contributed by atoms with van der Waals surface area (Å²) in [5.41, 5.74) is 0.524. The largest absolute Gasteiger partial charge is 0.351 e. The highest BCUT2D eigenvalue weighted by Gasteiger charge is 2.27. The second-order valence-electron chi connectivity index (χ2n) is 6.45. The molecule has 1 saturated carbocycles. The Kier molecular flexibility index (Phi) is 4.90. The number of nitrogens with zero attached hydrogens (tertiary/aromatic N) is 3. The highest BCUT2D eigenvalue weighted by atomic mass is 16.2. The van der Waals surface area contributed by atoms with Gasteiger partial charge in [0.15, 0.2) is 0 Å². The molecule has 2 heterocycles. The van der Waals surface area contributed by atoms with Crippen molar-refractivity contribution in [3.63, 3.8) is 0 Å². The first kappa shape index (κ1) is 15.3. The van der Waals surface area contributed by atoms with Crippen LogP contribution in [-0.4, -0.2) is 39.4 Å². The van der Waals surface area contributed by atoms with E-state index in [-0.39, 0.29) is 5.91 Å². The second-order valence-corrected chi connectivity index (χ2v) is 6.45. The standard InChI is InChI=1S/C17H26N4O/c1-2-14-9-5-6-12-21(14)16(22)15-10-11-18-17(20-15)19-13-7-3-4-8-13/h10-11,13-14H,2-9,12H2,1H3,(H,18,19,20). The Morgan fingerprint density at radius 2 is 2.05 bits per heavy atom. The summed E-state index contributed by atoms with van der Waals surface area (Å²) in [7, 11) is 0. The van der Waals surface area contributed by atoms with Crippen molar-refractivity contribution in [1.29, 1.82) is 0 Å². The Hall–Kier alpha value is -1.65. The Bertz CT molecular complexity index is 513. The monoisotopic (exact) mass is 302 g/mol. The van der Waals surface area contributed by atoms with Crippen molar-refractivity contribution >= 4 is 11.9 Å². The van der Waals surface area contributed by atoms with E-state index in [1.54, 1.807) is 12.3 Å². The molecule has 1 aromatic heterocycles. The van der Waals surface area contributed by atoms with Gasteiger partial charge in [0.25, 0.3) is 5.91 Å². The summed E-state index contributed by atoms with van der Waals surface area (Å²) < 4.78 is 0. The van der Waals surface area contributed by atoms with Crippen LogP contribution in [0.4, 0.5) is 5.95 Å². The van der Waals surface area contributed by atoms with Crippen molar-refractivity contribution in [1.82, 2.24) is 14.9 Å². The van der Waals surface area contributed by atoms with Crippen molar-refractivity contribution in [3.8, 4) is 0 Å². The zero-order chi connectivity index (χ0) is 15.4. The number of rotatable bonds is 4. The Morgan fingerprint density at radius 1 is 1.27 bits per heavy atom. The maximum absolute atomic E-state index is 12.8. The Labute approximate surface area is 132 Å². The van der Waals surface area contributed by atoms with Gasteiger partial charge in [-0.05, 0) is 44.6 Å². The highest BCUT2D eigenvalue weighted by Crippen LogP contribution is 2.23. The van der Waals surface area contributed by atoms with E-state index in [0.717, 1.165) is 25.8 Å². The number of carbonyl (C=O) groups excluding carboxylic acids is 1. The van der Waals surface area contributed by atoms with E-state index in [2.05, 4.69) is 22.2 Å². The molecule has 5 heteroatoms. The fraction of sp³-hybridized carbons (Fsp3) is 0.706. The molecule has 0 radical (unpaired) electrons. The normalized spacial score (nSPS) is 22.8. The van der Waals surface area contributed by atoms with E-state index in [0.29, 0.717) is 23.7 Å². The molecule has 1 N–H and O–H groups in total. The van der Waals surface area contributed by atoms with Crippen LogP contribution in [0.15, 0.2) is 12.3 Å². The molecule has 2 aliphatic rings. The minimum atomic E-state index is 0.0587. The van der Waals surface area contributed by atoms with E-state index in [1.165, 1.54) is 32.1 Å². The van der Waals surface area contributed by atoms with E-state index in [4.69, 9.17) is 0 Å². The van der Waals surface area contributed by atoms with Crippen LogP contribution in [0.5, 0.6) is 0 Å². The minimum Gasteiger partial charge on any atom is -0.351 e. The lowest BCUT2D eigenvalue weighted by atomic mass is 9.99. The van der Waals surface area contributed by atoms with Gasteiger partial charge >= 0.3 is 0 Å². The van der Waals surface area contributed by atoms with Gasteiger partial charge in [0.05, 0.1) is 0 Å². The molecule has 1 amide bonds. The fourth-order valence-electron chi connectivity index (χ4n) is 3.64. The summed E-state index contributed by atoms with van der Waals surface area (Å²) in [4.78, 5) is 23.5. The van der Waals surface area contributed by atoms with Gasteiger partial charge in [0, 0.05) is 24.8 Å². The first-order valence-corrected chi connectivity index (χ1v) is 8.68. The van der Waals surface area contributed by atoms with Gasteiger partial charge in [-0.2, -0.15) is 0 Å². The number of carbonyl (C=O) groups is 1. The van der Waals surface area contributed by atoms with Crippen LogP contribution in [-0.2, 0) is 0 Å².